The van der Waals surface area contributed by atoms with Crippen LogP contribution >= 0.6 is 0 Å². The molecule has 1 aliphatic rings. The van der Waals surface area contributed by atoms with Gasteiger partial charge < -0.3 is 10.3 Å². The summed E-state index contributed by atoms with van der Waals surface area (Å²) in [7, 11) is 0. The van der Waals surface area contributed by atoms with Crippen LogP contribution in [0.4, 0.5) is 0 Å². The van der Waals surface area contributed by atoms with E-state index >= 15 is 0 Å². The van der Waals surface area contributed by atoms with Crippen molar-refractivity contribution >= 4 is 16.8 Å². The largest absolute Gasteiger partial charge is 0.357 e. The van der Waals surface area contributed by atoms with Crippen molar-refractivity contribution in [1.82, 2.24) is 15.8 Å². The zero-order valence-corrected chi connectivity index (χ0v) is 12.5. The number of aromatic nitrogens is 1. The first-order valence-electron chi connectivity index (χ1n) is 7.65. The molecule has 2 heterocycles. The highest BCUT2D eigenvalue weighted by Gasteiger charge is 2.25. The van der Waals surface area contributed by atoms with Crippen LogP contribution in [-0.2, 0) is 6.42 Å². The quantitative estimate of drug-likeness (QED) is 0.434. The Bertz CT molecular complexity index is 868. The fraction of sp³-hybridized carbons (Fsp3) is 0.167. The van der Waals surface area contributed by atoms with Gasteiger partial charge in [-0.1, -0.05) is 30.3 Å². The molecule has 2 aromatic carbocycles. The van der Waals surface area contributed by atoms with Gasteiger partial charge in [0.05, 0.1) is 6.04 Å². The number of rotatable bonds is 2. The number of amides is 1. The van der Waals surface area contributed by atoms with Crippen LogP contribution in [-0.4, -0.2) is 22.6 Å². The third-order valence-electron chi connectivity index (χ3n) is 4.47. The van der Waals surface area contributed by atoms with E-state index in [2.05, 4.69) is 28.5 Å². The van der Waals surface area contributed by atoms with Gasteiger partial charge in [-0.05, 0) is 35.7 Å². The maximum absolute atomic E-state index is 11.4. The molecule has 1 aliphatic heterocycles. The van der Waals surface area contributed by atoms with Gasteiger partial charge in [0.25, 0.3) is 5.91 Å². The molecule has 116 valence electrons. The molecule has 0 radical (unpaired) electrons. The van der Waals surface area contributed by atoms with Crippen LogP contribution in [0.5, 0.6) is 0 Å². The first-order valence-corrected chi connectivity index (χ1v) is 7.65. The number of hydrogen-bond acceptors (Lipinski definition) is 3. The molecule has 4 N–H and O–H groups in total. The number of hydroxylamine groups is 1. The van der Waals surface area contributed by atoms with Gasteiger partial charge in [0.15, 0.2) is 0 Å². The normalized spacial score (nSPS) is 17.0. The lowest BCUT2D eigenvalue weighted by Crippen LogP contribution is -2.30. The number of hydrogen-bond donors (Lipinski definition) is 4. The average Bonchev–Trinajstić information content (AvgIpc) is 3.00. The highest BCUT2D eigenvalue weighted by molar-refractivity contribution is 5.93. The molecule has 3 aromatic rings. The maximum atomic E-state index is 11.4. The lowest BCUT2D eigenvalue weighted by Gasteiger charge is -2.25. The summed E-state index contributed by atoms with van der Waals surface area (Å²) in [4.78, 5) is 15.0. The van der Waals surface area contributed by atoms with Crippen molar-refractivity contribution in [3.63, 3.8) is 0 Å². The van der Waals surface area contributed by atoms with E-state index in [0.29, 0.717) is 5.56 Å². The molecule has 0 fully saturated rings. The van der Waals surface area contributed by atoms with Crippen molar-refractivity contribution in [2.24, 2.45) is 0 Å². The number of H-pyrrole nitrogens is 1. The van der Waals surface area contributed by atoms with Gasteiger partial charge in [0.2, 0.25) is 0 Å². The second kappa shape index (κ2) is 5.53. The van der Waals surface area contributed by atoms with Crippen LogP contribution < -0.4 is 10.8 Å². The Kier molecular flexibility index (Phi) is 3.37. The number of nitrogens with one attached hydrogen (secondary N) is 3. The molecule has 5 nitrogen and oxygen atoms in total. The van der Waals surface area contributed by atoms with Crippen molar-refractivity contribution in [3.8, 4) is 0 Å². The molecule has 0 saturated carbocycles. The van der Waals surface area contributed by atoms with E-state index in [-0.39, 0.29) is 6.04 Å². The highest BCUT2D eigenvalue weighted by Crippen LogP contribution is 2.33. The molecule has 4 rings (SSSR count). The molecule has 0 saturated heterocycles. The molecule has 1 atom stereocenters. The Morgan fingerprint density at radius 3 is 2.70 bits per heavy atom. The predicted octanol–water partition coefficient (Wildman–Crippen LogP) is 2.52. The minimum absolute atomic E-state index is 0.0809. The van der Waals surface area contributed by atoms with Crippen LogP contribution in [0.15, 0.2) is 48.5 Å². The Labute approximate surface area is 133 Å². The molecule has 0 bridgehead atoms. The van der Waals surface area contributed by atoms with Gasteiger partial charge in [0.1, 0.15) is 0 Å². The van der Waals surface area contributed by atoms with Gasteiger partial charge in [0, 0.05) is 28.7 Å². The van der Waals surface area contributed by atoms with E-state index in [4.69, 9.17) is 5.21 Å². The SMILES string of the molecule is O=C(NO)c1ccc(C2NCCc3c2[nH]c2ccccc32)cc1. The van der Waals surface area contributed by atoms with Crippen LogP contribution in [0, 0.1) is 0 Å². The lowest BCUT2D eigenvalue weighted by molar-refractivity contribution is 0.0706. The van der Waals surface area contributed by atoms with Gasteiger partial charge >= 0.3 is 0 Å². The molecule has 5 heteroatoms. The van der Waals surface area contributed by atoms with Gasteiger partial charge in [-0.15, -0.1) is 0 Å². The van der Waals surface area contributed by atoms with Crippen LogP contribution in [0.3, 0.4) is 0 Å². The first kappa shape index (κ1) is 14.0. The topological polar surface area (TPSA) is 77.2 Å². The smallest absolute Gasteiger partial charge is 0.274 e. The second-order valence-corrected chi connectivity index (χ2v) is 5.76. The third kappa shape index (κ3) is 2.30. The fourth-order valence-electron chi connectivity index (χ4n) is 3.36. The summed E-state index contributed by atoms with van der Waals surface area (Å²) in [6.07, 6.45) is 1.00. The summed E-state index contributed by atoms with van der Waals surface area (Å²) in [5, 5.41) is 13.5. The minimum Gasteiger partial charge on any atom is -0.357 e. The van der Waals surface area contributed by atoms with E-state index in [1.165, 1.54) is 16.6 Å². The van der Waals surface area contributed by atoms with Crippen LogP contribution in [0.25, 0.3) is 10.9 Å². The zero-order valence-electron chi connectivity index (χ0n) is 12.5. The summed E-state index contributed by atoms with van der Waals surface area (Å²) >= 11 is 0. The molecule has 23 heavy (non-hydrogen) atoms. The summed E-state index contributed by atoms with van der Waals surface area (Å²) in [6.45, 7) is 0.915. The van der Waals surface area contributed by atoms with E-state index in [9.17, 15) is 4.79 Å². The predicted molar refractivity (Wildman–Crippen MR) is 87.5 cm³/mol. The van der Waals surface area contributed by atoms with Crippen molar-refractivity contribution in [2.75, 3.05) is 6.54 Å². The Hall–Kier alpha value is -2.63. The lowest BCUT2D eigenvalue weighted by atomic mass is 9.94. The Balaban J connectivity index is 1.75. The molecular weight excluding hydrogens is 290 g/mol. The molecule has 1 amide bonds. The van der Waals surface area contributed by atoms with E-state index in [0.717, 1.165) is 24.0 Å². The molecule has 1 unspecified atom stereocenters. The summed E-state index contributed by atoms with van der Waals surface area (Å²) in [5.41, 5.74) is 6.89. The number of fused-ring (bicyclic) bond motifs is 3. The van der Waals surface area contributed by atoms with Crippen molar-refractivity contribution in [2.45, 2.75) is 12.5 Å². The standard InChI is InChI=1S/C18H17N3O2/c22-18(21-23)12-7-5-11(6-8-12)16-17-14(9-10-19-16)13-3-1-2-4-15(13)20-17/h1-8,16,19-20,23H,9-10H2,(H,21,22). The fourth-order valence-corrected chi connectivity index (χ4v) is 3.36. The highest BCUT2D eigenvalue weighted by atomic mass is 16.5. The molecular formula is C18H17N3O2. The molecule has 0 spiro atoms. The first-order chi connectivity index (χ1) is 11.3. The van der Waals surface area contributed by atoms with E-state index in [1.807, 2.05) is 18.2 Å². The number of carbonyl (C=O) groups is 1. The Morgan fingerprint density at radius 1 is 1.13 bits per heavy atom. The number of para-hydroxylation sites is 1. The number of aromatic amines is 1. The summed E-state index contributed by atoms with van der Waals surface area (Å²) in [5.74, 6) is -0.501. The second-order valence-electron chi connectivity index (χ2n) is 5.76. The van der Waals surface area contributed by atoms with Crippen molar-refractivity contribution in [3.05, 3.63) is 70.9 Å². The summed E-state index contributed by atoms with van der Waals surface area (Å²) < 4.78 is 0. The van der Waals surface area contributed by atoms with Gasteiger partial charge in [-0.3, -0.25) is 10.0 Å². The third-order valence-corrected chi connectivity index (χ3v) is 4.47. The molecule has 1 aromatic heterocycles. The van der Waals surface area contributed by atoms with Crippen molar-refractivity contribution < 1.29 is 10.0 Å². The number of benzene rings is 2. The number of carbonyl (C=O) groups excluding carboxylic acids is 1. The van der Waals surface area contributed by atoms with Crippen molar-refractivity contribution in [1.29, 1.82) is 0 Å². The van der Waals surface area contributed by atoms with Crippen LogP contribution in [0.2, 0.25) is 0 Å². The van der Waals surface area contributed by atoms with Gasteiger partial charge in [-0.2, -0.15) is 0 Å². The Morgan fingerprint density at radius 2 is 1.91 bits per heavy atom. The average molecular weight is 307 g/mol. The minimum atomic E-state index is -0.501. The molecule has 0 aliphatic carbocycles. The van der Waals surface area contributed by atoms with Gasteiger partial charge in [-0.25, -0.2) is 5.48 Å². The zero-order chi connectivity index (χ0) is 15.8. The van der Waals surface area contributed by atoms with E-state index in [1.54, 1.807) is 17.6 Å². The van der Waals surface area contributed by atoms with E-state index < -0.39 is 5.91 Å². The monoisotopic (exact) mass is 307 g/mol. The summed E-state index contributed by atoms with van der Waals surface area (Å²) in [6, 6.07) is 15.7. The van der Waals surface area contributed by atoms with Crippen LogP contribution in [0.1, 0.15) is 33.2 Å². The maximum Gasteiger partial charge on any atom is 0.274 e.